The smallest absolute Gasteiger partial charge is 0.336 e. The Kier molecular flexibility index (Phi) is 5.29. The molecule has 0 radical (unpaired) electrons. The minimum absolute atomic E-state index is 0.0179. The van der Waals surface area contributed by atoms with E-state index in [2.05, 4.69) is 13.2 Å². The Morgan fingerprint density at radius 2 is 2.05 bits per heavy atom. The summed E-state index contributed by atoms with van der Waals surface area (Å²) < 4.78 is 14.5. The van der Waals surface area contributed by atoms with E-state index in [9.17, 15) is 14.4 Å². The summed E-state index contributed by atoms with van der Waals surface area (Å²) in [5.41, 5.74) is 0.434. The standard InChI is InChI=1S/C13H16O6/c1-8(2)12(15)17-7-6-9(3)13(16)19-11-5-4-10(14)18-11/h11H,1,3-7H2,2H3. The van der Waals surface area contributed by atoms with Crippen molar-refractivity contribution in [3.63, 3.8) is 0 Å². The van der Waals surface area contributed by atoms with Crippen LogP contribution in [0.2, 0.25) is 0 Å². The van der Waals surface area contributed by atoms with Crippen LogP contribution in [0, 0.1) is 0 Å². The van der Waals surface area contributed by atoms with Gasteiger partial charge in [0.25, 0.3) is 0 Å². The van der Waals surface area contributed by atoms with Crippen molar-refractivity contribution in [2.75, 3.05) is 6.61 Å². The van der Waals surface area contributed by atoms with Crippen molar-refractivity contribution in [1.82, 2.24) is 0 Å². The van der Waals surface area contributed by atoms with Crippen LogP contribution >= 0.6 is 0 Å². The molecule has 19 heavy (non-hydrogen) atoms. The van der Waals surface area contributed by atoms with Gasteiger partial charge in [-0.1, -0.05) is 13.2 Å². The second-order valence-corrected chi connectivity index (χ2v) is 4.13. The predicted molar refractivity (Wildman–Crippen MR) is 64.7 cm³/mol. The first-order chi connectivity index (χ1) is 8.90. The molecule has 0 N–H and O–H groups in total. The van der Waals surface area contributed by atoms with E-state index in [0.29, 0.717) is 6.42 Å². The summed E-state index contributed by atoms with van der Waals surface area (Å²) in [5.74, 6) is -1.57. The van der Waals surface area contributed by atoms with Crippen molar-refractivity contribution in [3.05, 3.63) is 24.3 Å². The lowest BCUT2D eigenvalue weighted by Crippen LogP contribution is -2.19. The van der Waals surface area contributed by atoms with Gasteiger partial charge in [0, 0.05) is 24.0 Å². The number of cyclic esters (lactones) is 1. The van der Waals surface area contributed by atoms with Crippen LogP contribution in [-0.4, -0.2) is 30.8 Å². The van der Waals surface area contributed by atoms with E-state index in [4.69, 9.17) is 14.2 Å². The van der Waals surface area contributed by atoms with E-state index >= 15 is 0 Å². The van der Waals surface area contributed by atoms with Crippen LogP contribution in [0.5, 0.6) is 0 Å². The SMILES string of the molecule is C=C(C)C(=O)OCCC(=C)C(=O)OC1CCC(=O)O1. The molecular weight excluding hydrogens is 252 g/mol. The van der Waals surface area contributed by atoms with Crippen LogP contribution in [0.3, 0.4) is 0 Å². The van der Waals surface area contributed by atoms with Gasteiger partial charge >= 0.3 is 17.9 Å². The fraction of sp³-hybridized carbons (Fsp3) is 0.462. The van der Waals surface area contributed by atoms with Crippen molar-refractivity contribution in [2.24, 2.45) is 0 Å². The Bertz CT molecular complexity index is 423. The largest absolute Gasteiger partial charge is 0.462 e. The molecule has 1 unspecified atom stereocenters. The van der Waals surface area contributed by atoms with Gasteiger partial charge in [-0.15, -0.1) is 0 Å². The van der Waals surface area contributed by atoms with E-state index in [-0.39, 0.29) is 36.6 Å². The zero-order chi connectivity index (χ0) is 14.4. The number of hydrogen-bond acceptors (Lipinski definition) is 6. The van der Waals surface area contributed by atoms with Gasteiger partial charge in [0.15, 0.2) is 0 Å². The Balaban J connectivity index is 2.25. The summed E-state index contributed by atoms with van der Waals surface area (Å²) in [6, 6.07) is 0. The number of hydrogen-bond donors (Lipinski definition) is 0. The summed E-state index contributed by atoms with van der Waals surface area (Å²) in [6.45, 7) is 8.50. The van der Waals surface area contributed by atoms with Crippen LogP contribution in [0.15, 0.2) is 24.3 Å². The van der Waals surface area contributed by atoms with Crippen molar-refractivity contribution >= 4 is 17.9 Å². The topological polar surface area (TPSA) is 78.9 Å². The zero-order valence-electron chi connectivity index (χ0n) is 10.8. The lowest BCUT2D eigenvalue weighted by molar-refractivity contribution is -0.173. The molecule has 0 aromatic carbocycles. The Labute approximate surface area is 111 Å². The highest BCUT2D eigenvalue weighted by molar-refractivity contribution is 5.88. The molecule has 0 amide bonds. The number of ether oxygens (including phenoxy) is 3. The molecule has 0 aromatic rings. The second-order valence-electron chi connectivity index (χ2n) is 4.13. The van der Waals surface area contributed by atoms with Gasteiger partial charge in [-0.25, -0.2) is 9.59 Å². The molecule has 1 rings (SSSR count). The highest BCUT2D eigenvalue weighted by atomic mass is 16.7. The maximum absolute atomic E-state index is 11.5. The van der Waals surface area contributed by atoms with Crippen LogP contribution in [0.1, 0.15) is 26.2 Å². The summed E-state index contributed by atoms with van der Waals surface area (Å²) in [5, 5.41) is 0. The molecule has 1 atom stereocenters. The first kappa shape index (κ1) is 14.9. The average Bonchev–Trinajstić information content (AvgIpc) is 2.74. The van der Waals surface area contributed by atoms with E-state index in [0.717, 1.165) is 0 Å². The van der Waals surface area contributed by atoms with E-state index in [1.807, 2.05) is 0 Å². The van der Waals surface area contributed by atoms with Gasteiger partial charge in [0.2, 0.25) is 6.29 Å². The van der Waals surface area contributed by atoms with E-state index < -0.39 is 18.2 Å². The third-order valence-corrected chi connectivity index (χ3v) is 2.36. The first-order valence-corrected chi connectivity index (χ1v) is 5.81. The first-order valence-electron chi connectivity index (χ1n) is 5.81. The Hall–Kier alpha value is -2.11. The summed E-state index contributed by atoms with van der Waals surface area (Å²) in [4.78, 5) is 33.4. The van der Waals surface area contributed by atoms with Crippen LogP contribution in [0.4, 0.5) is 0 Å². The maximum Gasteiger partial charge on any atom is 0.336 e. The van der Waals surface area contributed by atoms with Gasteiger partial charge < -0.3 is 14.2 Å². The molecule has 1 heterocycles. The molecule has 6 nitrogen and oxygen atoms in total. The monoisotopic (exact) mass is 268 g/mol. The number of rotatable bonds is 6. The van der Waals surface area contributed by atoms with Crippen LogP contribution < -0.4 is 0 Å². The third kappa shape index (κ3) is 4.95. The highest BCUT2D eigenvalue weighted by Crippen LogP contribution is 2.16. The molecule has 1 saturated heterocycles. The quantitative estimate of drug-likeness (QED) is 0.533. The fourth-order valence-electron chi connectivity index (χ4n) is 1.28. The van der Waals surface area contributed by atoms with Gasteiger partial charge in [-0.3, -0.25) is 4.79 Å². The molecule has 0 saturated carbocycles. The summed E-state index contributed by atoms with van der Waals surface area (Å²) in [7, 11) is 0. The minimum atomic E-state index is -0.838. The summed E-state index contributed by atoms with van der Waals surface area (Å²) >= 11 is 0. The lowest BCUT2D eigenvalue weighted by Gasteiger charge is -2.12. The average molecular weight is 268 g/mol. The van der Waals surface area contributed by atoms with E-state index in [1.54, 1.807) is 0 Å². The predicted octanol–water partition coefficient (Wildman–Crippen LogP) is 1.26. The fourth-order valence-corrected chi connectivity index (χ4v) is 1.28. The molecule has 0 aromatic heterocycles. The molecule has 1 aliphatic rings. The van der Waals surface area contributed by atoms with Gasteiger partial charge in [-0.05, 0) is 6.92 Å². The normalized spacial score (nSPS) is 17.5. The molecule has 6 heteroatoms. The van der Waals surface area contributed by atoms with Gasteiger partial charge in [-0.2, -0.15) is 0 Å². The van der Waals surface area contributed by atoms with Crippen molar-refractivity contribution < 1.29 is 28.6 Å². The van der Waals surface area contributed by atoms with Crippen molar-refractivity contribution in [2.45, 2.75) is 32.5 Å². The number of carbonyl (C=O) groups excluding carboxylic acids is 3. The molecule has 0 bridgehead atoms. The van der Waals surface area contributed by atoms with Crippen LogP contribution in [0.25, 0.3) is 0 Å². The molecule has 0 spiro atoms. The highest BCUT2D eigenvalue weighted by Gasteiger charge is 2.27. The molecule has 1 aliphatic heterocycles. The van der Waals surface area contributed by atoms with Gasteiger partial charge in [0.1, 0.15) is 0 Å². The number of esters is 3. The van der Waals surface area contributed by atoms with Crippen molar-refractivity contribution in [1.29, 1.82) is 0 Å². The maximum atomic E-state index is 11.5. The Morgan fingerprint density at radius 3 is 2.58 bits per heavy atom. The van der Waals surface area contributed by atoms with Gasteiger partial charge in [0.05, 0.1) is 13.0 Å². The van der Waals surface area contributed by atoms with E-state index in [1.165, 1.54) is 6.92 Å². The third-order valence-electron chi connectivity index (χ3n) is 2.36. The van der Waals surface area contributed by atoms with Crippen LogP contribution in [-0.2, 0) is 28.6 Å². The molecule has 104 valence electrons. The molecular formula is C13H16O6. The second kappa shape index (κ2) is 6.72. The molecule has 0 aliphatic carbocycles. The molecule has 1 fully saturated rings. The lowest BCUT2D eigenvalue weighted by atomic mass is 10.2. The summed E-state index contributed by atoms with van der Waals surface area (Å²) in [6.07, 6.45) is -0.100. The minimum Gasteiger partial charge on any atom is -0.462 e. The van der Waals surface area contributed by atoms with Crippen molar-refractivity contribution in [3.8, 4) is 0 Å². The zero-order valence-corrected chi connectivity index (χ0v) is 10.8. The Morgan fingerprint density at radius 1 is 1.37 bits per heavy atom. The number of carbonyl (C=O) groups is 3.